The number of nitrogens with one attached hydrogen (secondary N) is 1. The molecule has 3 atom stereocenters. The van der Waals surface area contributed by atoms with E-state index in [4.69, 9.17) is 25.2 Å². The van der Waals surface area contributed by atoms with Crippen LogP contribution < -0.4 is 10.5 Å². The minimum Gasteiger partial charge on any atom is -0.413 e. The molecule has 4 aromatic carbocycles. The van der Waals surface area contributed by atoms with Crippen molar-refractivity contribution in [1.29, 1.82) is 0 Å². The summed E-state index contributed by atoms with van der Waals surface area (Å²) in [5.41, 5.74) is 17.9. The summed E-state index contributed by atoms with van der Waals surface area (Å²) in [6.45, 7) is 22.2. The van der Waals surface area contributed by atoms with Gasteiger partial charge in [-0.25, -0.2) is 18.3 Å². The predicted octanol–water partition coefficient (Wildman–Crippen LogP) is 13.1. The average Bonchev–Trinajstić information content (AvgIpc) is 3.97. The maximum atomic E-state index is 12.9. The van der Waals surface area contributed by atoms with Gasteiger partial charge in [-0.15, -0.1) is 0 Å². The maximum absolute atomic E-state index is 12.9. The van der Waals surface area contributed by atoms with Crippen molar-refractivity contribution in [2.24, 2.45) is 5.73 Å². The van der Waals surface area contributed by atoms with E-state index in [-0.39, 0.29) is 55.5 Å². The lowest BCUT2D eigenvalue weighted by atomic mass is 10.1. The van der Waals surface area contributed by atoms with Gasteiger partial charge in [0, 0.05) is 27.9 Å². The van der Waals surface area contributed by atoms with Crippen LogP contribution in [0.15, 0.2) is 134 Å². The Morgan fingerprint density at radius 2 is 1.17 bits per heavy atom. The minimum absolute atomic E-state index is 0. The molecule has 0 fully saturated rings. The Kier molecular flexibility index (Phi) is 19.8. The summed E-state index contributed by atoms with van der Waals surface area (Å²) in [5.74, 6) is 0. The monoisotopic (exact) mass is 1030 g/mol. The van der Waals surface area contributed by atoms with Crippen molar-refractivity contribution in [3.63, 3.8) is 0 Å². The topological polar surface area (TPSA) is 146 Å². The van der Waals surface area contributed by atoms with Crippen LogP contribution in [0.25, 0.3) is 55.7 Å². The van der Waals surface area contributed by atoms with Crippen molar-refractivity contribution in [2.75, 3.05) is 0 Å². The maximum Gasteiger partial charge on any atom is 0.192 e. The summed E-state index contributed by atoms with van der Waals surface area (Å²) in [6, 6.07) is 40.8. The molecule has 15 heteroatoms. The third-order valence-electron chi connectivity index (χ3n) is 12.9. The molecular formula is C56H74N8O3S3Si. The lowest BCUT2D eigenvalue weighted by Crippen LogP contribution is -2.40. The normalized spacial score (nSPS) is 13.2. The van der Waals surface area contributed by atoms with Gasteiger partial charge in [-0.05, 0) is 124 Å². The Morgan fingerprint density at radius 1 is 0.676 bits per heavy atom. The van der Waals surface area contributed by atoms with Crippen molar-refractivity contribution < 1.29 is 13.7 Å². The second kappa shape index (κ2) is 24.6. The SMILES string of the molecule is CCC[C@H](N)c1cccc(-c2ccc3cnn(-c4cccc(CO)c4)c3c2)n1.CCC[C@H](N[S@](=O)C(C)(C)C)c1cccc(-c2ccc3cnn(-c4cccc(CO[Si](C)(C)C(C)(C)C)c4)c3c2)n1.S.S. The van der Waals surface area contributed by atoms with Crippen LogP contribution in [0, 0.1) is 0 Å². The van der Waals surface area contributed by atoms with E-state index in [1.54, 1.807) is 0 Å². The Bertz CT molecular complexity index is 3030. The van der Waals surface area contributed by atoms with Gasteiger partial charge in [-0.2, -0.15) is 37.2 Å². The minimum atomic E-state index is -1.85. The standard InChI is InChI=1S/C33H46N4O2SSi.C23H24N4O.2H2S/c1-10-13-30(36-40(38)32(2,3)4)29-17-12-16-28(35-29)25-18-19-26-22-34-37(31(26)21-25)27-15-11-14-24(20-27)23-39-41(8,9)33(5,6)7;1-2-5-20(24)22-9-4-8-21(26-22)17-10-11-18-14-25-27(23(18)13-17)19-7-3-6-16(12-19)15-28;;/h11-12,14-22,30,36H,10,13,23H2,1-9H3;3-4,6-14,20,28H,2,5,15,24H2,1H3;2*1H2/t30-,40+;20-;;/m00../s1. The van der Waals surface area contributed by atoms with E-state index in [0.29, 0.717) is 6.61 Å². The Balaban J connectivity index is 0.000000273. The molecule has 0 aliphatic rings. The van der Waals surface area contributed by atoms with E-state index in [1.165, 1.54) is 0 Å². The number of aliphatic hydroxyl groups excluding tert-OH is 1. The first-order valence-corrected chi connectivity index (χ1v) is 28.2. The third-order valence-corrected chi connectivity index (χ3v) is 19.0. The smallest absolute Gasteiger partial charge is 0.192 e. The van der Waals surface area contributed by atoms with Crippen molar-refractivity contribution in [2.45, 2.75) is 129 Å². The quantitative estimate of drug-likeness (QED) is 0.0811. The number of benzene rings is 4. The van der Waals surface area contributed by atoms with Crippen molar-refractivity contribution in [1.82, 2.24) is 34.3 Å². The second-order valence-corrected chi connectivity index (χ2v) is 27.1. The van der Waals surface area contributed by atoms with Crippen LogP contribution in [0.5, 0.6) is 0 Å². The van der Waals surface area contributed by atoms with E-state index < -0.39 is 19.3 Å². The number of fused-ring (bicyclic) bond motifs is 2. The molecule has 0 unspecified atom stereocenters. The van der Waals surface area contributed by atoms with Crippen LogP contribution >= 0.6 is 27.0 Å². The molecule has 0 aliphatic heterocycles. The number of aromatic nitrogens is 6. The highest BCUT2D eigenvalue weighted by Crippen LogP contribution is 2.37. The molecule has 71 heavy (non-hydrogen) atoms. The summed E-state index contributed by atoms with van der Waals surface area (Å²) >= 11 is 0. The van der Waals surface area contributed by atoms with E-state index in [0.717, 1.165) is 104 Å². The summed E-state index contributed by atoms with van der Waals surface area (Å²) in [6.07, 6.45) is 7.54. The number of hydrogen-bond acceptors (Lipinski definition) is 8. The van der Waals surface area contributed by atoms with Gasteiger partial charge in [0.05, 0.1) is 92.6 Å². The number of hydrogen-bond donors (Lipinski definition) is 3. The van der Waals surface area contributed by atoms with Gasteiger partial charge < -0.3 is 15.3 Å². The summed E-state index contributed by atoms with van der Waals surface area (Å²) in [4.78, 5) is 9.83. The lowest BCUT2D eigenvalue weighted by molar-refractivity contribution is 0.276. The van der Waals surface area contributed by atoms with E-state index in [2.05, 4.69) is 118 Å². The van der Waals surface area contributed by atoms with Gasteiger partial charge in [-0.3, -0.25) is 9.97 Å². The Hall–Kier alpha value is -4.97. The highest BCUT2D eigenvalue weighted by molar-refractivity contribution is 7.84. The molecule has 0 spiro atoms. The summed E-state index contributed by atoms with van der Waals surface area (Å²) < 4.78 is 26.2. The Morgan fingerprint density at radius 3 is 1.68 bits per heavy atom. The van der Waals surface area contributed by atoms with Crippen LogP contribution in [0.1, 0.15) is 116 Å². The van der Waals surface area contributed by atoms with Gasteiger partial charge in [0.2, 0.25) is 0 Å². The predicted molar refractivity (Wildman–Crippen MR) is 308 cm³/mol. The number of rotatable bonds is 16. The van der Waals surface area contributed by atoms with E-state index in [9.17, 15) is 9.32 Å². The molecular weight excluding hydrogens is 957 g/mol. The molecule has 4 aromatic heterocycles. The molecule has 4 heterocycles. The van der Waals surface area contributed by atoms with Crippen molar-refractivity contribution in [3.05, 3.63) is 156 Å². The van der Waals surface area contributed by atoms with Gasteiger partial charge in [0.15, 0.2) is 8.32 Å². The van der Waals surface area contributed by atoms with Crippen LogP contribution in [-0.2, 0) is 28.6 Å². The zero-order valence-electron chi connectivity index (χ0n) is 43.0. The molecule has 8 aromatic rings. The molecule has 378 valence electrons. The zero-order valence-corrected chi connectivity index (χ0v) is 46.8. The van der Waals surface area contributed by atoms with Gasteiger partial charge in [0.1, 0.15) is 0 Å². The molecule has 0 aliphatic carbocycles. The first-order chi connectivity index (χ1) is 32.9. The fourth-order valence-corrected chi connectivity index (χ4v) is 9.57. The molecule has 0 bridgehead atoms. The lowest BCUT2D eigenvalue weighted by Gasteiger charge is -2.36. The van der Waals surface area contributed by atoms with Crippen molar-refractivity contribution >= 4 is 68.1 Å². The molecule has 4 N–H and O–H groups in total. The van der Waals surface area contributed by atoms with Gasteiger partial charge in [0.25, 0.3) is 0 Å². The largest absolute Gasteiger partial charge is 0.413 e. The van der Waals surface area contributed by atoms with Gasteiger partial charge in [-0.1, -0.05) is 108 Å². The highest BCUT2D eigenvalue weighted by atomic mass is 32.2. The molecule has 0 saturated heterocycles. The number of nitrogens with two attached hydrogens (primary N) is 1. The van der Waals surface area contributed by atoms with E-state index >= 15 is 0 Å². The van der Waals surface area contributed by atoms with Crippen LogP contribution in [0.2, 0.25) is 18.1 Å². The number of pyridine rings is 2. The van der Waals surface area contributed by atoms with Gasteiger partial charge >= 0.3 is 0 Å². The summed E-state index contributed by atoms with van der Waals surface area (Å²) in [5, 5.41) is 21.0. The molecule has 8 rings (SSSR count). The van der Waals surface area contributed by atoms with Crippen LogP contribution in [0.3, 0.4) is 0 Å². The first kappa shape index (κ1) is 56.9. The van der Waals surface area contributed by atoms with Crippen LogP contribution in [-0.4, -0.2) is 51.9 Å². The first-order valence-electron chi connectivity index (χ1n) is 24.2. The van der Waals surface area contributed by atoms with Crippen LogP contribution in [0.4, 0.5) is 0 Å². The second-order valence-electron chi connectivity index (χ2n) is 20.3. The fourth-order valence-electron chi connectivity index (χ4n) is 7.76. The average molecular weight is 1030 g/mol. The van der Waals surface area contributed by atoms with Crippen molar-refractivity contribution in [3.8, 4) is 33.9 Å². The number of aliphatic hydroxyl groups is 1. The summed E-state index contributed by atoms with van der Waals surface area (Å²) in [7, 11) is -3.03. The third kappa shape index (κ3) is 14.0. The molecule has 0 amide bonds. The van der Waals surface area contributed by atoms with E-state index in [1.807, 2.05) is 103 Å². The zero-order chi connectivity index (χ0) is 49.5. The number of nitrogens with zero attached hydrogens (tertiary/aromatic N) is 6. The molecule has 0 radical (unpaired) electrons. The molecule has 11 nitrogen and oxygen atoms in total. The highest BCUT2D eigenvalue weighted by Gasteiger charge is 2.37. The Labute approximate surface area is 438 Å². The fraction of sp³-hybridized carbons (Fsp3) is 0.357. The molecule has 0 saturated carbocycles.